The molecular weight excluding hydrogens is 256 g/mol. The third-order valence-electron chi connectivity index (χ3n) is 3.65. The lowest BCUT2D eigenvalue weighted by atomic mass is 9.95. The number of hydrogen-bond acceptors (Lipinski definition) is 3. The van der Waals surface area contributed by atoms with Crippen molar-refractivity contribution >= 4 is 11.5 Å². The first-order valence-electron chi connectivity index (χ1n) is 6.59. The molecule has 5 heteroatoms. The van der Waals surface area contributed by atoms with Gasteiger partial charge in [-0.25, -0.2) is 0 Å². The summed E-state index contributed by atoms with van der Waals surface area (Å²) in [4.78, 5) is 22.4. The molecule has 0 unspecified atom stereocenters. The first kappa shape index (κ1) is 12.6. The van der Waals surface area contributed by atoms with Crippen LogP contribution in [0.5, 0.6) is 0 Å². The van der Waals surface area contributed by atoms with Gasteiger partial charge in [-0.1, -0.05) is 18.2 Å². The zero-order valence-electron chi connectivity index (χ0n) is 10.9. The largest absolute Gasteiger partial charge is 0.349 e. The van der Waals surface area contributed by atoms with Crippen molar-refractivity contribution in [1.29, 1.82) is 0 Å². The molecule has 1 aromatic heterocycles. The predicted octanol–water partition coefficient (Wildman–Crippen LogP) is 2.96. The van der Waals surface area contributed by atoms with Gasteiger partial charge in [0.05, 0.1) is 11.5 Å². The van der Waals surface area contributed by atoms with Gasteiger partial charge < -0.3 is 4.57 Å². The van der Waals surface area contributed by atoms with Crippen LogP contribution in [-0.4, -0.2) is 15.3 Å². The fourth-order valence-electron chi connectivity index (χ4n) is 2.69. The summed E-state index contributed by atoms with van der Waals surface area (Å²) >= 11 is 0. The van der Waals surface area contributed by atoms with Crippen LogP contribution >= 0.6 is 0 Å². The Bertz CT molecular complexity index is 688. The monoisotopic (exact) mass is 270 g/mol. The molecule has 0 bridgehead atoms. The van der Waals surface area contributed by atoms with Gasteiger partial charge in [-0.3, -0.25) is 14.9 Å². The Kier molecular flexibility index (Phi) is 3.10. The van der Waals surface area contributed by atoms with E-state index in [0.29, 0.717) is 18.5 Å². The third-order valence-corrected chi connectivity index (χ3v) is 3.65. The summed E-state index contributed by atoms with van der Waals surface area (Å²) in [7, 11) is 0. The maximum Gasteiger partial charge on any atom is 0.274 e. The maximum absolute atomic E-state index is 11.8. The zero-order valence-corrected chi connectivity index (χ0v) is 10.9. The Hall–Kier alpha value is -2.43. The van der Waals surface area contributed by atoms with Crippen molar-refractivity contribution in [2.45, 2.75) is 25.8 Å². The van der Waals surface area contributed by atoms with E-state index in [4.69, 9.17) is 0 Å². The van der Waals surface area contributed by atoms with E-state index in [2.05, 4.69) is 0 Å². The van der Waals surface area contributed by atoms with Gasteiger partial charge in [0.1, 0.15) is 0 Å². The normalized spacial score (nSPS) is 14.1. The number of para-hydroxylation sites is 1. The van der Waals surface area contributed by atoms with Gasteiger partial charge in [0.2, 0.25) is 0 Å². The molecule has 5 nitrogen and oxygen atoms in total. The average Bonchev–Trinajstić information content (AvgIpc) is 2.83. The van der Waals surface area contributed by atoms with Crippen molar-refractivity contribution in [3.63, 3.8) is 0 Å². The van der Waals surface area contributed by atoms with Gasteiger partial charge in [0.25, 0.3) is 5.69 Å². The lowest BCUT2D eigenvalue weighted by Gasteiger charge is -2.07. The number of hydrogen-bond donors (Lipinski definition) is 0. The second-order valence-corrected chi connectivity index (χ2v) is 5.03. The topological polar surface area (TPSA) is 65.1 Å². The van der Waals surface area contributed by atoms with Crippen molar-refractivity contribution in [3.8, 4) is 0 Å². The summed E-state index contributed by atoms with van der Waals surface area (Å²) in [5.41, 5.74) is 2.59. The Balaban J connectivity index is 1.93. The van der Waals surface area contributed by atoms with Crippen LogP contribution in [0.1, 0.15) is 34.3 Å². The van der Waals surface area contributed by atoms with Crippen LogP contribution < -0.4 is 0 Å². The summed E-state index contributed by atoms with van der Waals surface area (Å²) in [6.45, 7) is 0.414. The van der Waals surface area contributed by atoms with Gasteiger partial charge in [0, 0.05) is 36.0 Å². The van der Waals surface area contributed by atoms with Gasteiger partial charge in [-0.05, 0) is 18.4 Å². The molecule has 0 fully saturated rings. The van der Waals surface area contributed by atoms with E-state index < -0.39 is 0 Å². The highest BCUT2D eigenvalue weighted by molar-refractivity contribution is 5.98. The highest BCUT2D eigenvalue weighted by atomic mass is 16.6. The number of ketones is 1. The van der Waals surface area contributed by atoms with Crippen LogP contribution in [0.3, 0.4) is 0 Å². The number of carbonyl (C=O) groups excluding carboxylic acids is 1. The molecular formula is C15H14N2O3. The van der Waals surface area contributed by atoms with Crippen molar-refractivity contribution in [3.05, 3.63) is 63.5 Å². The molecule has 1 aliphatic rings. The van der Waals surface area contributed by atoms with Crippen LogP contribution in [0.15, 0.2) is 36.7 Å². The predicted molar refractivity (Wildman–Crippen MR) is 73.9 cm³/mol. The number of rotatable bonds is 3. The number of aryl methyl sites for hydroxylation is 1. The highest BCUT2D eigenvalue weighted by Crippen LogP contribution is 2.24. The van der Waals surface area contributed by atoms with Crippen LogP contribution in [0.2, 0.25) is 0 Å². The van der Waals surface area contributed by atoms with E-state index in [1.54, 1.807) is 18.2 Å². The minimum Gasteiger partial charge on any atom is -0.349 e. The second-order valence-electron chi connectivity index (χ2n) is 5.03. The Labute approximate surface area is 116 Å². The van der Waals surface area contributed by atoms with Gasteiger partial charge in [-0.15, -0.1) is 0 Å². The molecule has 0 saturated heterocycles. The van der Waals surface area contributed by atoms with E-state index in [1.807, 2.05) is 17.0 Å². The molecule has 1 aliphatic carbocycles. The Morgan fingerprint density at radius 2 is 2.00 bits per heavy atom. The fraction of sp³-hybridized carbons (Fsp3) is 0.267. The van der Waals surface area contributed by atoms with Crippen molar-refractivity contribution in [2.75, 3.05) is 0 Å². The maximum atomic E-state index is 11.8. The molecule has 0 aliphatic heterocycles. The smallest absolute Gasteiger partial charge is 0.274 e. The molecule has 3 rings (SSSR count). The lowest BCUT2D eigenvalue weighted by Crippen LogP contribution is -2.07. The quantitative estimate of drug-likeness (QED) is 0.636. The van der Waals surface area contributed by atoms with E-state index in [9.17, 15) is 14.9 Å². The number of nitro groups is 1. The molecule has 0 N–H and O–H groups in total. The molecule has 0 spiro atoms. The molecule has 0 radical (unpaired) electrons. The number of nitrogens with zero attached hydrogens (tertiary/aromatic N) is 2. The van der Waals surface area contributed by atoms with Crippen LogP contribution in [0.25, 0.3) is 0 Å². The lowest BCUT2D eigenvalue weighted by molar-refractivity contribution is -0.385. The minimum absolute atomic E-state index is 0.116. The number of benzene rings is 1. The summed E-state index contributed by atoms with van der Waals surface area (Å²) in [6.07, 6.45) is 6.14. The van der Waals surface area contributed by atoms with Crippen molar-refractivity contribution in [2.24, 2.45) is 0 Å². The van der Waals surface area contributed by atoms with Crippen LogP contribution in [-0.2, 0) is 13.0 Å². The number of carbonyl (C=O) groups is 1. The molecule has 1 aromatic carbocycles. The zero-order chi connectivity index (χ0) is 14.1. The molecule has 2 aromatic rings. The second kappa shape index (κ2) is 4.92. The van der Waals surface area contributed by atoms with E-state index >= 15 is 0 Å². The van der Waals surface area contributed by atoms with Gasteiger partial charge >= 0.3 is 0 Å². The standard InChI is InChI=1S/C15H14N2O3/c18-15-7-3-5-11-8-16(10-13(11)15)9-12-4-1-2-6-14(12)17(19)20/h1-2,4,6,8,10H,3,5,7,9H2. The summed E-state index contributed by atoms with van der Waals surface area (Å²) in [5.74, 6) is 0.174. The van der Waals surface area contributed by atoms with E-state index in [0.717, 1.165) is 24.0 Å². The first-order chi connectivity index (χ1) is 9.65. The molecule has 0 atom stereocenters. The van der Waals surface area contributed by atoms with Crippen molar-refractivity contribution in [1.82, 2.24) is 4.57 Å². The Morgan fingerprint density at radius 3 is 2.75 bits per heavy atom. The van der Waals surface area contributed by atoms with Gasteiger partial charge in [-0.2, -0.15) is 0 Å². The van der Waals surface area contributed by atoms with E-state index in [1.165, 1.54) is 6.07 Å². The summed E-state index contributed by atoms with van der Waals surface area (Å²) < 4.78 is 1.87. The molecule has 102 valence electrons. The number of aromatic nitrogens is 1. The third kappa shape index (κ3) is 2.22. The summed E-state index contributed by atoms with van der Waals surface area (Å²) in [6, 6.07) is 6.70. The molecule has 0 amide bonds. The number of Topliss-reactive ketones (excluding diaryl/α,β-unsaturated/α-hetero) is 1. The first-order valence-corrected chi connectivity index (χ1v) is 6.59. The van der Waals surface area contributed by atoms with E-state index in [-0.39, 0.29) is 16.4 Å². The number of nitro benzene ring substituents is 1. The Morgan fingerprint density at radius 1 is 1.20 bits per heavy atom. The van der Waals surface area contributed by atoms with Crippen molar-refractivity contribution < 1.29 is 9.72 Å². The van der Waals surface area contributed by atoms with Crippen LogP contribution in [0, 0.1) is 10.1 Å². The fourth-order valence-corrected chi connectivity index (χ4v) is 2.69. The number of fused-ring (bicyclic) bond motifs is 1. The molecule has 1 heterocycles. The highest BCUT2D eigenvalue weighted by Gasteiger charge is 2.20. The van der Waals surface area contributed by atoms with Crippen LogP contribution in [0.4, 0.5) is 5.69 Å². The summed E-state index contributed by atoms with van der Waals surface area (Å²) in [5, 5.41) is 11.0. The molecule has 0 saturated carbocycles. The van der Waals surface area contributed by atoms with Gasteiger partial charge in [0.15, 0.2) is 5.78 Å². The SMILES string of the molecule is O=C1CCCc2cn(Cc3ccccc3[N+](=O)[O-])cc21. The minimum atomic E-state index is -0.371. The molecule has 20 heavy (non-hydrogen) atoms. The average molecular weight is 270 g/mol.